The molecule has 3 aliphatic rings. The molecule has 144 valence electrons. The molecule has 0 atom stereocenters. The zero-order chi connectivity index (χ0) is 19.3. The first-order chi connectivity index (χ1) is 13.6. The molecule has 0 spiro atoms. The number of carbonyl (C=O) groups is 2. The monoisotopic (exact) mass is 380 g/mol. The first-order valence-electron chi connectivity index (χ1n) is 9.58. The number of Topliss-reactive ketones (excluding diaryl/α,β-unsaturated/α-hetero) is 1. The normalized spacial score (nSPS) is 24.0. The van der Waals surface area contributed by atoms with Crippen molar-refractivity contribution in [3.63, 3.8) is 0 Å². The molecule has 3 heterocycles. The highest BCUT2D eigenvalue weighted by atomic mass is 16.5. The number of hydrogen-bond acceptors (Lipinski definition) is 7. The van der Waals surface area contributed by atoms with Gasteiger partial charge in [0.1, 0.15) is 6.04 Å². The Labute approximate surface area is 161 Å². The second kappa shape index (κ2) is 6.43. The Morgan fingerprint density at radius 1 is 1.14 bits per heavy atom. The molecule has 0 unspecified atom stereocenters. The minimum atomic E-state index is -0.367. The lowest BCUT2D eigenvalue weighted by atomic mass is 9.84. The maximum atomic E-state index is 12.6. The van der Waals surface area contributed by atoms with Gasteiger partial charge in [0.2, 0.25) is 17.3 Å². The molecule has 2 aliphatic carbocycles. The predicted octanol–water partition coefficient (Wildman–Crippen LogP) is 0.760. The van der Waals surface area contributed by atoms with Gasteiger partial charge in [0.25, 0.3) is 0 Å². The van der Waals surface area contributed by atoms with Crippen LogP contribution in [0.25, 0.3) is 0 Å². The van der Waals surface area contributed by atoms with Gasteiger partial charge in [0.05, 0.1) is 5.70 Å². The summed E-state index contributed by atoms with van der Waals surface area (Å²) in [5.41, 5.74) is 4.49. The van der Waals surface area contributed by atoms with Crippen LogP contribution in [0, 0.1) is 5.21 Å². The molecule has 0 radical (unpaired) electrons. The predicted molar refractivity (Wildman–Crippen MR) is 98.1 cm³/mol. The molecule has 0 bridgehead atoms. The molecular weight excluding hydrogens is 360 g/mol. The average molecular weight is 380 g/mol. The zero-order valence-corrected chi connectivity index (χ0v) is 15.2. The van der Waals surface area contributed by atoms with Crippen LogP contribution < -0.4 is 10.4 Å². The van der Waals surface area contributed by atoms with Gasteiger partial charge in [-0.05, 0) is 47.6 Å². The minimum Gasteiger partial charge on any atom is -0.672 e. The van der Waals surface area contributed by atoms with Crippen LogP contribution in [0.1, 0.15) is 58.3 Å². The van der Waals surface area contributed by atoms with Gasteiger partial charge < -0.3 is 10.1 Å². The third kappa shape index (κ3) is 2.83. The number of hydrogen-bond donors (Lipinski definition) is 1. The van der Waals surface area contributed by atoms with E-state index in [1.54, 1.807) is 11.1 Å². The van der Waals surface area contributed by atoms with Gasteiger partial charge in [-0.2, -0.15) is 5.43 Å². The van der Waals surface area contributed by atoms with Crippen molar-refractivity contribution in [2.24, 2.45) is 0 Å². The Bertz CT molecular complexity index is 971. The summed E-state index contributed by atoms with van der Waals surface area (Å²) in [4.78, 5) is 32.8. The molecule has 9 nitrogen and oxygen atoms in total. The van der Waals surface area contributed by atoms with Gasteiger partial charge in [-0.15, -0.1) is 0 Å². The van der Waals surface area contributed by atoms with Crippen LogP contribution in [-0.4, -0.2) is 50.5 Å². The first-order valence-corrected chi connectivity index (χ1v) is 9.58. The Balaban J connectivity index is 1.32. The van der Waals surface area contributed by atoms with Gasteiger partial charge >= 0.3 is 0 Å². The van der Waals surface area contributed by atoms with E-state index >= 15 is 0 Å². The van der Waals surface area contributed by atoms with E-state index in [2.05, 4.69) is 15.5 Å². The SMILES string of the molecule is O=C1C(N2CC2)=CC(=O)c2c1n[n+]([O-])n2NC1CCC(c2ccccn2)CC1. The summed E-state index contributed by atoms with van der Waals surface area (Å²) >= 11 is 0. The summed E-state index contributed by atoms with van der Waals surface area (Å²) in [7, 11) is 0. The van der Waals surface area contributed by atoms with Crippen LogP contribution in [0.5, 0.6) is 0 Å². The number of ketones is 2. The number of nitrogens with zero attached hydrogens (tertiary/aromatic N) is 5. The summed E-state index contributed by atoms with van der Waals surface area (Å²) in [6, 6.07) is 5.97. The van der Waals surface area contributed by atoms with Crippen molar-refractivity contribution in [3.05, 3.63) is 58.5 Å². The van der Waals surface area contributed by atoms with Gasteiger partial charge in [0, 0.05) is 37.0 Å². The van der Waals surface area contributed by atoms with E-state index < -0.39 is 0 Å². The molecule has 9 heteroatoms. The fraction of sp³-hybridized carbons (Fsp3) is 0.421. The van der Waals surface area contributed by atoms with Crippen LogP contribution >= 0.6 is 0 Å². The smallest absolute Gasteiger partial charge is 0.234 e. The van der Waals surface area contributed by atoms with Gasteiger partial charge in [-0.1, -0.05) is 11.2 Å². The number of carbonyl (C=O) groups excluding carboxylic acids is 2. The molecule has 1 aliphatic heterocycles. The van der Waals surface area contributed by atoms with Crippen molar-refractivity contribution in [2.75, 3.05) is 18.5 Å². The largest absolute Gasteiger partial charge is 0.672 e. The summed E-state index contributed by atoms with van der Waals surface area (Å²) in [6.45, 7) is 1.49. The van der Waals surface area contributed by atoms with Crippen molar-refractivity contribution in [1.82, 2.24) is 19.8 Å². The van der Waals surface area contributed by atoms with Crippen LogP contribution in [0.3, 0.4) is 0 Å². The highest BCUT2D eigenvalue weighted by molar-refractivity contribution is 6.22. The number of rotatable bonds is 4. The Kier molecular flexibility index (Phi) is 3.88. The van der Waals surface area contributed by atoms with E-state index in [9.17, 15) is 14.8 Å². The maximum absolute atomic E-state index is 12.6. The van der Waals surface area contributed by atoms with E-state index in [4.69, 9.17) is 0 Å². The Morgan fingerprint density at radius 2 is 1.93 bits per heavy atom. The molecule has 28 heavy (non-hydrogen) atoms. The fourth-order valence-electron chi connectivity index (χ4n) is 4.07. The van der Waals surface area contributed by atoms with Crippen LogP contribution in [0.2, 0.25) is 0 Å². The van der Waals surface area contributed by atoms with E-state index in [-0.39, 0.29) is 29.0 Å². The highest BCUT2D eigenvalue weighted by Crippen LogP contribution is 2.32. The van der Waals surface area contributed by atoms with Crippen molar-refractivity contribution in [2.45, 2.75) is 37.6 Å². The van der Waals surface area contributed by atoms with E-state index in [0.29, 0.717) is 16.6 Å². The third-order valence-corrected chi connectivity index (χ3v) is 5.67. The Hall–Kier alpha value is -3.23. The second-order valence-corrected chi connectivity index (χ2v) is 7.50. The van der Waals surface area contributed by atoms with Gasteiger partial charge in [-0.25, -0.2) is 0 Å². The quantitative estimate of drug-likeness (QED) is 0.474. The number of nitrogens with one attached hydrogen (secondary N) is 1. The van der Waals surface area contributed by atoms with Crippen molar-refractivity contribution in [1.29, 1.82) is 0 Å². The summed E-state index contributed by atoms with van der Waals surface area (Å²) in [6.07, 6.45) is 6.68. The molecule has 1 saturated heterocycles. The molecule has 1 N–H and O–H groups in total. The van der Waals surface area contributed by atoms with Crippen LogP contribution in [-0.2, 0) is 0 Å². The molecule has 2 aromatic rings. The lowest BCUT2D eigenvalue weighted by molar-refractivity contribution is -0.745. The molecule has 1 saturated carbocycles. The summed E-state index contributed by atoms with van der Waals surface area (Å²) < 4.78 is 0. The fourth-order valence-corrected chi connectivity index (χ4v) is 4.07. The average Bonchev–Trinajstić information content (AvgIpc) is 3.50. The second-order valence-electron chi connectivity index (χ2n) is 7.50. The van der Waals surface area contributed by atoms with Gasteiger partial charge in [-0.3, -0.25) is 14.6 Å². The van der Waals surface area contributed by atoms with Crippen LogP contribution in [0.4, 0.5) is 0 Å². The molecule has 0 amide bonds. The molecule has 2 fully saturated rings. The Morgan fingerprint density at radius 3 is 2.61 bits per heavy atom. The van der Waals surface area contributed by atoms with Crippen molar-refractivity contribution >= 4 is 11.6 Å². The minimum absolute atomic E-state index is 0.0254. The molecular formula is C19H20N6O3. The molecule has 0 aromatic carbocycles. The maximum Gasteiger partial charge on any atom is 0.234 e. The number of fused-ring (bicyclic) bond motifs is 1. The topological polar surface area (TPSA) is 107 Å². The number of allylic oxidation sites excluding steroid dienone is 2. The van der Waals surface area contributed by atoms with Crippen LogP contribution in [0.15, 0.2) is 36.2 Å². The summed E-state index contributed by atoms with van der Waals surface area (Å²) in [5.74, 6) is -0.332. The first kappa shape index (κ1) is 16.9. The third-order valence-electron chi connectivity index (χ3n) is 5.67. The number of aromatic nitrogens is 4. The van der Waals surface area contributed by atoms with Crippen molar-refractivity contribution in [3.8, 4) is 0 Å². The van der Waals surface area contributed by atoms with E-state index in [0.717, 1.165) is 49.3 Å². The lowest BCUT2D eigenvalue weighted by Crippen LogP contribution is -2.49. The van der Waals surface area contributed by atoms with E-state index in [1.165, 1.54) is 6.08 Å². The molecule has 5 rings (SSSR count). The molecule has 2 aromatic heterocycles. The number of pyridine rings is 1. The highest BCUT2D eigenvalue weighted by Gasteiger charge is 2.40. The zero-order valence-electron chi connectivity index (χ0n) is 15.2. The van der Waals surface area contributed by atoms with E-state index in [1.807, 2.05) is 18.2 Å². The van der Waals surface area contributed by atoms with Gasteiger partial charge in [0.15, 0.2) is 5.69 Å². The van der Waals surface area contributed by atoms with Crippen molar-refractivity contribution < 1.29 is 14.5 Å². The standard InChI is InChI=1S/C19H20N6O3/c26-16-11-15(23-9-10-23)19(27)17-18(16)24(25(28)22-17)21-13-6-4-12(5-7-13)14-3-1-2-8-20-14/h1-3,8,11-13,21H,4-7,9-10H2. The summed E-state index contributed by atoms with van der Waals surface area (Å²) in [5, 5.41) is 16.1. The lowest BCUT2D eigenvalue weighted by Gasteiger charge is -2.26.